The molecule has 1 fully saturated rings. The summed E-state index contributed by atoms with van der Waals surface area (Å²) in [5.41, 5.74) is 2.45. The zero-order valence-corrected chi connectivity index (χ0v) is 18.9. The molecule has 2 rings (SSSR count). The van der Waals surface area contributed by atoms with Crippen molar-refractivity contribution >= 4 is 33.1 Å². The summed E-state index contributed by atoms with van der Waals surface area (Å²) in [5, 5.41) is 7.34. The van der Waals surface area contributed by atoms with Gasteiger partial charge in [0.05, 0.1) is 5.75 Å². The zero-order valence-electron chi connectivity index (χ0n) is 17.3. The molecule has 1 heterocycles. The van der Waals surface area contributed by atoms with Crippen molar-refractivity contribution in [3.05, 3.63) is 28.8 Å². The van der Waals surface area contributed by atoms with Gasteiger partial charge < -0.3 is 15.5 Å². The van der Waals surface area contributed by atoms with Crippen molar-refractivity contribution in [2.24, 2.45) is 10.9 Å². The molecular weight excluding hydrogens is 396 g/mol. The maximum atomic E-state index is 11.4. The molecule has 0 spiro atoms. The Labute approximate surface area is 174 Å². The quantitative estimate of drug-likeness (QED) is 0.492. The van der Waals surface area contributed by atoms with Gasteiger partial charge in [0.15, 0.2) is 5.96 Å². The number of guanidine groups is 1. The van der Waals surface area contributed by atoms with E-state index in [1.165, 1.54) is 17.5 Å². The predicted octanol–water partition coefficient (Wildman–Crippen LogP) is 2.85. The molecular formula is C20H33ClN4O2S. The lowest BCUT2D eigenvalue weighted by molar-refractivity contribution is 0.574. The molecule has 0 radical (unpaired) electrons. The molecule has 1 aromatic rings. The number of benzene rings is 1. The molecule has 2 N–H and O–H groups in total. The number of hydrogen-bond acceptors (Lipinski definition) is 4. The minimum Gasteiger partial charge on any atom is -0.371 e. The molecule has 158 valence electrons. The summed E-state index contributed by atoms with van der Waals surface area (Å²) < 4.78 is 22.7. The Kier molecular flexibility index (Phi) is 8.43. The van der Waals surface area contributed by atoms with Crippen LogP contribution in [-0.2, 0) is 9.84 Å². The van der Waals surface area contributed by atoms with Crippen LogP contribution >= 0.6 is 11.6 Å². The van der Waals surface area contributed by atoms with Crippen LogP contribution in [0.15, 0.2) is 23.2 Å². The van der Waals surface area contributed by atoms with Crippen LogP contribution < -0.4 is 15.5 Å². The average molecular weight is 429 g/mol. The van der Waals surface area contributed by atoms with Crippen LogP contribution in [0.2, 0.25) is 5.02 Å². The summed E-state index contributed by atoms with van der Waals surface area (Å²) >= 11 is 6.17. The monoisotopic (exact) mass is 428 g/mol. The van der Waals surface area contributed by atoms with Gasteiger partial charge in [-0.3, -0.25) is 4.99 Å². The number of nitrogens with zero attached hydrogens (tertiary/aromatic N) is 2. The van der Waals surface area contributed by atoms with E-state index in [2.05, 4.69) is 28.5 Å². The number of sulfone groups is 1. The predicted molar refractivity (Wildman–Crippen MR) is 119 cm³/mol. The maximum absolute atomic E-state index is 11.4. The SMILES string of the molecule is CCNC(=NCC1CCN(c2cc(Cl)ccc2C)C1)NC(C)CCS(C)(=O)=O. The van der Waals surface area contributed by atoms with Crippen LogP contribution in [0.5, 0.6) is 0 Å². The first-order chi connectivity index (χ1) is 13.2. The summed E-state index contributed by atoms with van der Waals surface area (Å²) in [5.74, 6) is 1.41. The van der Waals surface area contributed by atoms with Crippen molar-refractivity contribution in [3.63, 3.8) is 0 Å². The van der Waals surface area contributed by atoms with Gasteiger partial charge in [0.2, 0.25) is 0 Å². The lowest BCUT2D eigenvalue weighted by atomic mass is 10.1. The van der Waals surface area contributed by atoms with Gasteiger partial charge in [-0.05, 0) is 57.2 Å². The molecule has 6 nitrogen and oxygen atoms in total. The molecule has 2 unspecified atom stereocenters. The number of nitrogens with one attached hydrogen (secondary N) is 2. The van der Waals surface area contributed by atoms with Crippen LogP contribution in [0, 0.1) is 12.8 Å². The summed E-state index contributed by atoms with van der Waals surface area (Å²) in [4.78, 5) is 7.13. The smallest absolute Gasteiger partial charge is 0.191 e. The number of aliphatic imine (C=N–C) groups is 1. The Bertz CT molecular complexity index is 782. The van der Waals surface area contributed by atoms with Crippen molar-refractivity contribution in [1.82, 2.24) is 10.6 Å². The van der Waals surface area contributed by atoms with Gasteiger partial charge >= 0.3 is 0 Å². The molecule has 1 aliphatic rings. The highest BCUT2D eigenvalue weighted by Gasteiger charge is 2.24. The number of hydrogen-bond donors (Lipinski definition) is 2. The minimum atomic E-state index is -2.95. The average Bonchev–Trinajstić information content (AvgIpc) is 3.08. The van der Waals surface area contributed by atoms with E-state index in [1.807, 2.05) is 26.0 Å². The minimum absolute atomic E-state index is 0.0433. The first kappa shape index (κ1) is 22.8. The standard InChI is InChI=1S/C20H33ClN4O2S/c1-5-22-20(24-16(3)9-11-28(4,26)27)23-13-17-8-10-25(14-17)19-12-18(21)7-6-15(19)2/h6-7,12,16-17H,5,8-11,13-14H2,1-4H3,(H2,22,23,24). The molecule has 0 bridgehead atoms. The van der Waals surface area contributed by atoms with Crippen molar-refractivity contribution in [2.75, 3.05) is 43.1 Å². The van der Waals surface area contributed by atoms with E-state index in [0.29, 0.717) is 12.3 Å². The van der Waals surface area contributed by atoms with Gasteiger partial charge in [0, 0.05) is 49.2 Å². The Hall–Kier alpha value is -1.47. The number of halogens is 1. The fourth-order valence-corrected chi connectivity index (χ4v) is 4.31. The highest BCUT2D eigenvalue weighted by Crippen LogP contribution is 2.29. The second kappa shape index (κ2) is 10.3. The lowest BCUT2D eigenvalue weighted by Gasteiger charge is -2.21. The molecule has 1 aromatic carbocycles. The Morgan fingerprint density at radius 1 is 1.43 bits per heavy atom. The fraction of sp³-hybridized carbons (Fsp3) is 0.650. The largest absolute Gasteiger partial charge is 0.371 e. The first-order valence-corrected chi connectivity index (χ1v) is 12.4. The van der Waals surface area contributed by atoms with Crippen LogP contribution in [0.1, 0.15) is 32.3 Å². The third-order valence-electron chi connectivity index (χ3n) is 4.95. The summed E-state index contributed by atoms with van der Waals surface area (Å²) in [6, 6.07) is 6.07. The highest BCUT2D eigenvalue weighted by molar-refractivity contribution is 7.90. The van der Waals surface area contributed by atoms with Gasteiger partial charge in [-0.15, -0.1) is 0 Å². The van der Waals surface area contributed by atoms with Gasteiger partial charge in [-0.2, -0.15) is 0 Å². The number of aryl methyl sites for hydroxylation is 1. The Balaban J connectivity index is 1.91. The second-order valence-corrected chi connectivity index (χ2v) is 10.4. The molecule has 0 saturated carbocycles. The van der Waals surface area contributed by atoms with E-state index in [1.54, 1.807) is 0 Å². The molecule has 28 heavy (non-hydrogen) atoms. The van der Waals surface area contributed by atoms with E-state index in [9.17, 15) is 8.42 Å². The van der Waals surface area contributed by atoms with E-state index < -0.39 is 9.84 Å². The maximum Gasteiger partial charge on any atom is 0.191 e. The Morgan fingerprint density at radius 3 is 2.86 bits per heavy atom. The summed E-state index contributed by atoms with van der Waals surface area (Å²) in [7, 11) is -2.95. The van der Waals surface area contributed by atoms with Crippen LogP contribution in [0.4, 0.5) is 5.69 Å². The third-order valence-corrected chi connectivity index (χ3v) is 6.17. The molecule has 0 aliphatic carbocycles. The molecule has 1 saturated heterocycles. The molecule has 1 aliphatic heterocycles. The molecule has 0 aromatic heterocycles. The Morgan fingerprint density at radius 2 is 2.18 bits per heavy atom. The van der Waals surface area contributed by atoms with E-state index in [-0.39, 0.29) is 11.8 Å². The number of rotatable bonds is 8. The van der Waals surface area contributed by atoms with E-state index >= 15 is 0 Å². The molecule has 0 amide bonds. The van der Waals surface area contributed by atoms with Crippen LogP contribution in [0.3, 0.4) is 0 Å². The third kappa shape index (κ3) is 7.51. The lowest BCUT2D eigenvalue weighted by Crippen LogP contribution is -2.43. The van der Waals surface area contributed by atoms with Crippen molar-refractivity contribution in [2.45, 2.75) is 39.7 Å². The van der Waals surface area contributed by atoms with Gasteiger partial charge in [-0.1, -0.05) is 17.7 Å². The topological polar surface area (TPSA) is 73.8 Å². The normalized spacial score (nSPS) is 19.0. The fourth-order valence-electron chi connectivity index (χ4n) is 3.36. The van der Waals surface area contributed by atoms with Gasteiger partial charge in [0.25, 0.3) is 0 Å². The van der Waals surface area contributed by atoms with Crippen molar-refractivity contribution < 1.29 is 8.42 Å². The van der Waals surface area contributed by atoms with Crippen molar-refractivity contribution in [1.29, 1.82) is 0 Å². The molecule has 8 heteroatoms. The summed E-state index contributed by atoms with van der Waals surface area (Å²) in [6.45, 7) is 9.61. The van der Waals surface area contributed by atoms with Gasteiger partial charge in [0.1, 0.15) is 9.84 Å². The number of anilines is 1. The molecule has 2 atom stereocenters. The van der Waals surface area contributed by atoms with Crippen LogP contribution in [-0.4, -0.2) is 58.6 Å². The van der Waals surface area contributed by atoms with Crippen LogP contribution in [0.25, 0.3) is 0 Å². The van der Waals surface area contributed by atoms with E-state index in [4.69, 9.17) is 16.6 Å². The zero-order chi connectivity index (χ0) is 20.7. The van der Waals surface area contributed by atoms with Crippen molar-refractivity contribution in [3.8, 4) is 0 Å². The first-order valence-electron chi connectivity index (χ1n) is 9.91. The van der Waals surface area contributed by atoms with E-state index in [0.717, 1.165) is 43.6 Å². The summed E-state index contributed by atoms with van der Waals surface area (Å²) in [6.07, 6.45) is 2.93. The van der Waals surface area contributed by atoms with Gasteiger partial charge in [-0.25, -0.2) is 8.42 Å². The second-order valence-electron chi connectivity index (χ2n) is 7.72. The highest BCUT2D eigenvalue weighted by atomic mass is 35.5.